The third kappa shape index (κ3) is 8.75. The predicted molar refractivity (Wildman–Crippen MR) is 157 cm³/mol. The standard InChI is InChI=1S/C32H33F6N3O2.ClH/c1-21-9-10-24(13-22(21)2)14-28-19-40(20-29(42)39(3)18-23-7-5-4-6-8-23)11-12-41(28)30(43)25-15-26(31(33,34)35)17-27(16-25)32(36,37)38;/h4-10,13,15-17,28H,11-12,14,18-20H2,1-3H3;1H/t28-;/m1./s1. The van der Waals surface area contributed by atoms with E-state index >= 15 is 0 Å². The van der Waals surface area contributed by atoms with E-state index in [4.69, 9.17) is 0 Å². The monoisotopic (exact) mass is 641 g/mol. The van der Waals surface area contributed by atoms with E-state index in [0.717, 1.165) is 22.3 Å². The molecule has 1 aliphatic rings. The molecule has 5 nitrogen and oxygen atoms in total. The van der Waals surface area contributed by atoms with E-state index in [0.29, 0.717) is 25.1 Å². The van der Waals surface area contributed by atoms with Gasteiger partial charge in [-0.05, 0) is 60.7 Å². The maximum Gasteiger partial charge on any atom is 0.416 e. The highest BCUT2D eigenvalue weighted by molar-refractivity contribution is 5.95. The Morgan fingerprint density at radius 3 is 2.00 bits per heavy atom. The first kappa shape index (κ1) is 34.9. The van der Waals surface area contributed by atoms with Crippen LogP contribution in [0.5, 0.6) is 0 Å². The molecule has 0 bridgehead atoms. The lowest BCUT2D eigenvalue weighted by molar-refractivity contribution is -0.143. The van der Waals surface area contributed by atoms with E-state index in [1.807, 2.05) is 67.3 Å². The molecule has 12 heteroatoms. The minimum Gasteiger partial charge on any atom is -0.340 e. The number of carbonyl (C=O) groups excluding carboxylic acids is 2. The summed E-state index contributed by atoms with van der Waals surface area (Å²) in [6.45, 7) is 4.80. The van der Waals surface area contributed by atoms with Crippen molar-refractivity contribution in [3.05, 3.63) is 106 Å². The first-order valence-electron chi connectivity index (χ1n) is 13.8. The van der Waals surface area contributed by atoms with Gasteiger partial charge >= 0.3 is 12.4 Å². The van der Waals surface area contributed by atoms with Crippen LogP contribution in [0.4, 0.5) is 26.3 Å². The van der Waals surface area contributed by atoms with E-state index < -0.39 is 41.0 Å². The highest BCUT2D eigenvalue weighted by atomic mass is 35.5. The Morgan fingerprint density at radius 2 is 1.43 bits per heavy atom. The number of benzene rings is 3. The Bertz CT molecular complexity index is 1430. The van der Waals surface area contributed by atoms with Crippen molar-refractivity contribution in [2.24, 2.45) is 0 Å². The lowest BCUT2D eigenvalue weighted by Gasteiger charge is -2.42. The van der Waals surface area contributed by atoms with Crippen LogP contribution in [-0.4, -0.2) is 65.8 Å². The van der Waals surface area contributed by atoms with Crippen molar-refractivity contribution in [1.82, 2.24) is 14.7 Å². The number of hydrogen-bond acceptors (Lipinski definition) is 3. The molecule has 1 atom stereocenters. The van der Waals surface area contributed by atoms with E-state index in [1.54, 1.807) is 11.9 Å². The van der Waals surface area contributed by atoms with Crippen molar-refractivity contribution in [3.8, 4) is 0 Å². The van der Waals surface area contributed by atoms with Crippen molar-refractivity contribution in [2.75, 3.05) is 33.2 Å². The molecule has 0 N–H and O–H groups in total. The van der Waals surface area contributed by atoms with Crippen molar-refractivity contribution < 1.29 is 35.9 Å². The normalized spacial score (nSPS) is 15.9. The van der Waals surface area contributed by atoms with Gasteiger partial charge in [0, 0.05) is 44.8 Å². The van der Waals surface area contributed by atoms with E-state index in [2.05, 4.69) is 0 Å². The largest absolute Gasteiger partial charge is 0.416 e. The number of amides is 2. The summed E-state index contributed by atoms with van der Waals surface area (Å²) in [6, 6.07) is 15.6. The van der Waals surface area contributed by atoms with Crippen LogP contribution in [0.1, 0.15) is 43.7 Å². The van der Waals surface area contributed by atoms with Gasteiger partial charge in [-0.3, -0.25) is 14.5 Å². The number of carbonyl (C=O) groups is 2. The molecule has 2 amide bonds. The zero-order valence-corrected chi connectivity index (χ0v) is 25.3. The van der Waals surface area contributed by atoms with Crippen LogP contribution in [0, 0.1) is 13.8 Å². The highest BCUT2D eigenvalue weighted by Crippen LogP contribution is 2.37. The lowest BCUT2D eigenvalue weighted by atomic mass is 9.97. The fourth-order valence-corrected chi connectivity index (χ4v) is 5.21. The molecule has 0 radical (unpaired) electrons. The smallest absolute Gasteiger partial charge is 0.340 e. The van der Waals surface area contributed by atoms with Crippen LogP contribution >= 0.6 is 12.4 Å². The molecule has 4 rings (SSSR count). The number of likely N-dealkylation sites (N-methyl/N-ethyl adjacent to an activating group) is 1. The summed E-state index contributed by atoms with van der Waals surface area (Å²) >= 11 is 0. The highest BCUT2D eigenvalue weighted by Gasteiger charge is 2.39. The summed E-state index contributed by atoms with van der Waals surface area (Å²) in [7, 11) is 1.69. The molecular formula is C32H34ClF6N3O2. The first-order chi connectivity index (χ1) is 20.1. The van der Waals surface area contributed by atoms with Crippen molar-refractivity contribution in [3.63, 3.8) is 0 Å². The second-order valence-corrected chi connectivity index (χ2v) is 11.0. The van der Waals surface area contributed by atoms with Gasteiger partial charge in [-0.15, -0.1) is 12.4 Å². The van der Waals surface area contributed by atoms with Gasteiger partial charge in [-0.2, -0.15) is 26.3 Å². The van der Waals surface area contributed by atoms with Gasteiger partial charge in [-0.1, -0.05) is 48.5 Å². The van der Waals surface area contributed by atoms with Gasteiger partial charge in [0.15, 0.2) is 0 Å². The molecule has 1 saturated heterocycles. The third-order valence-electron chi connectivity index (χ3n) is 7.75. The zero-order valence-electron chi connectivity index (χ0n) is 24.5. The van der Waals surface area contributed by atoms with Crippen LogP contribution in [0.25, 0.3) is 0 Å². The predicted octanol–water partition coefficient (Wildman–Crippen LogP) is 6.79. The summed E-state index contributed by atoms with van der Waals surface area (Å²) in [5.74, 6) is -1.07. The Balaban J connectivity index is 0.00000529. The Kier molecular flexibility index (Phi) is 11.1. The van der Waals surface area contributed by atoms with Crippen molar-refractivity contribution in [1.29, 1.82) is 0 Å². The topological polar surface area (TPSA) is 43.9 Å². The van der Waals surface area contributed by atoms with Crippen LogP contribution in [0.15, 0.2) is 66.7 Å². The molecule has 3 aromatic carbocycles. The van der Waals surface area contributed by atoms with Crippen molar-refractivity contribution >= 4 is 24.2 Å². The second kappa shape index (κ2) is 14.0. The number of aryl methyl sites for hydroxylation is 2. The average Bonchev–Trinajstić information content (AvgIpc) is 2.94. The number of hydrogen-bond donors (Lipinski definition) is 0. The molecule has 238 valence electrons. The number of rotatable bonds is 7. The molecular weight excluding hydrogens is 608 g/mol. The summed E-state index contributed by atoms with van der Waals surface area (Å²) in [4.78, 5) is 31.5. The molecule has 44 heavy (non-hydrogen) atoms. The fraction of sp³-hybridized carbons (Fsp3) is 0.375. The third-order valence-corrected chi connectivity index (χ3v) is 7.75. The Hall–Kier alpha value is -3.57. The quantitative estimate of drug-likeness (QED) is 0.267. The molecule has 0 aromatic heterocycles. The molecule has 0 saturated carbocycles. The van der Waals surface area contributed by atoms with Crippen LogP contribution < -0.4 is 0 Å². The van der Waals surface area contributed by atoms with E-state index in [1.165, 1.54) is 4.90 Å². The summed E-state index contributed by atoms with van der Waals surface area (Å²) < 4.78 is 81.1. The number of alkyl halides is 6. The van der Waals surface area contributed by atoms with Crippen molar-refractivity contribution in [2.45, 2.75) is 45.2 Å². The molecule has 1 aliphatic heterocycles. The zero-order chi connectivity index (χ0) is 31.5. The van der Waals surface area contributed by atoms with Gasteiger partial charge < -0.3 is 9.80 Å². The van der Waals surface area contributed by atoms with Gasteiger partial charge in [0.1, 0.15) is 0 Å². The molecule has 0 spiro atoms. The van der Waals surface area contributed by atoms with Gasteiger partial charge in [0.25, 0.3) is 5.91 Å². The van der Waals surface area contributed by atoms with Crippen LogP contribution in [-0.2, 0) is 30.1 Å². The minimum absolute atomic E-state index is 0. The summed E-state index contributed by atoms with van der Waals surface area (Å²) in [5, 5.41) is 0. The van der Waals surface area contributed by atoms with Gasteiger partial charge in [0.05, 0.1) is 17.7 Å². The number of nitrogens with zero attached hydrogens (tertiary/aromatic N) is 3. The molecule has 3 aromatic rings. The molecule has 0 aliphatic carbocycles. The minimum atomic E-state index is -5.07. The maximum atomic E-state index is 13.6. The first-order valence-corrected chi connectivity index (χ1v) is 13.8. The summed E-state index contributed by atoms with van der Waals surface area (Å²) in [5.41, 5.74) is 0.121. The van der Waals surface area contributed by atoms with Gasteiger partial charge in [-0.25, -0.2) is 0 Å². The number of piperazine rings is 1. The lowest BCUT2D eigenvalue weighted by Crippen LogP contribution is -2.57. The number of halogens is 7. The van der Waals surface area contributed by atoms with E-state index in [9.17, 15) is 35.9 Å². The van der Waals surface area contributed by atoms with E-state index in [-0.39, 0.29) is 50.6 Å². The molecule has 0 unspecified atom stereocenters. The summed E-state index contributed by atoms with van der Waals surface area (Å²) in [6.07, 6.45) is -9.83. The fourth-order valence-electron chi connectivity index (χ4n) is 5.21. The Morgan fingerprint density at radius 1 is 0.818 bits per heavy atom. The Labute approximate surface area is 258 Å². The van der Waals surface area contributed by atoms with Gasteiger partial charge in [0.2, 0.25) is 5.91 Å². The molecule has 1 fully saturated rings. The average molecular weight is 642 g/mol. The van der Waals surface area contributed by atoms with Crippen LogP contribution in [0.2, 0.25) is 0 Å². The maximum absolute atomic E-state index is 13.6. The molecule has 1 heterocycles. The second-order valence-electron chi connectivity index (χ2n) is 11.0. The van der Waals surface area contributed by atoms with Crippen LogP contribution in [0.3, 0.4) is 0 Å². The SMILES string of the molecule is Cc1ccc(C[C@@H]2CN(CC(=O)N(C)Cc3ccccc3)CCN2C(=O)c2cc(C(F)(F)F)cc(C(F)(F)F)c2)cc1C.Cl.